The van der Waals surface area contributed by atoms with Crippen LogP contribution in [0.2, 0.25) is 0 Å². The fourth-order valence-electron chi connectivity index (χ4n) is 4.40. The van der Waals surface area contributed by atoms with Crippen LogP contribution < -0.4 is 5.73 Å². The molecule has 0 bridgehead atoms. The molecule has 2 N–H and O–H groups in total. The fourth-order valence-corrected chi connectivity index (χ4v) is 5.81. The van der Waals surface area contributed by atoms with Crippen molar-refractivity contribution in [1.82, 2.24) is 19.2 Å². The summed E-state index contributed by atoms with van der Waals surface area (Å²) in [7, 11) is 2.01. The predicted octanol–water partition coefficient (Wildman–Crippen LogP) is 3.35. The Bertz CT molecular complexity index is 920. The number of carbonyl (C=O) groups is 1. The number of hydrogen-bond acceptors (Lipinski definition) is 5. The number of fused-ring (bicyclic) bond motifs is 1. The second kappa shape index (κ2) is 8.08. The van der Waals surface area contributed by atoms with E-state index < -0.39 is 0 Å². The number of rotatable bonds is 5. The van der Waals surface area contributed by atoms with Gasteiger partial charge in [-0.3, -0.25) is 9.69 Å². The summed E-state index contributed by atoms with van der Waals surface area (Å²) in [5, 5.41) is 4.86. The van der Waals surface area contributed by atoms with Gasteiger partial charge in [0, 0.05) is 30.9 Å². The van der Waals surface area contributed by atoms with Crippen molar-refractivity contribution >= 4 is 29.5 Å². The Labute approximate surface area is 175 Å². The van der Waals surface area contributed by atoms with E-state index in [1.165, 1.54) is 41.0 Å². The number of hydrogen-bond donors (Lipinski definition) is 1. The van der Waals surface area contributed by atoms with E-state index in [-0.39, 0.29) is 11.8 Å². The van der Waals surface area contributed by atoms with E-state index in [9.17, 15) is 4.79 Å². The molecule has 2 aliphatic rings. The molecule has 3 heterocycles. The van der Waals surface area contributed by atoms with Crippen LogP contribution in [0.25, 0.3) is 10.7 Å². The van der Waals surface area contributed by atoms with Crippen LogP contribution in [-0.4, -0.2) is 38.2 Å². The third-order valence-electron chi connectivity index (χ3n) is 6.35. The Balaban J connectivity index is 1.51. The smallest absolute Gasteiger partial charge is 0.220 e. The van der Waals surface area contributed by atoms with Gasteiger partial charge in [-0.25, -0.2) is 4.68 Å². The monoisotopic (exact) mass is 419 g/mol. The molecule has 1 aliphatic carbocycles. The Morgan fingerprint density at radius 3 is 2.79 bits per heavy atom. The first kappa shape index (κ1) is 19.8. The average molecular weight is 420 g/mol. The summed E-state index contributed by atoms with van der Waals surface area (Å²) >= 11 is 7.54. The summed E-state index contributed by atoms with van der Waals surface area (Å²) in [5.41, 5.74) is 6.95. The van der Waals surface area contributed by atoms with Crippen LogP contribution >= 0.6 is 23.6 Å². The van der Waals surface area contributed by atoms with Crippen LogP contribution in [0.15, 0.2) is 6.07 Å². The molecule has 2 aromatic rings. The van der Waals surface area contributed by atoms with E-state index in [2.05, 4.69) is 17.9 Å². The second-order valence-corrected chi connectivity index (χ2v) is 9.68. The van der Waals surface area contributed by atoms with Crippen molar-refractivity contribution in [2.24, 2.45) is 24.6 Å². The zero-order valence-electron chi connectivity index (χ0n) is 16.7. The van der Waals surface area contributed by atoms with Crippen molar-refractivity contribution in [3.63, 3.8) is 0 Å². The number of nitrogens with two attached hydrogens (primary N) is 1. The van der Waals surface area contributed by atoms with Gasteiger partial charge in [-0.2, -0.15) is 0 Å². The summed E-state index contributed by atoms with van der Waals surface area (Å²) in [5.74, 6) is 1.61. The van der Waals surface area contributed by atoms with Gasteiger partial charge < -0.3 is 10.3 Å². The van der Waals surface area contributed by atoms with Gasteiger partial charge in [0.1, 0.15) is 0 Å². The Morgan fingerprint density at radius 1 is 1.36 bits per heavy atom. The minimum Gasteiger partial charge on any atom is -0.369 e. The van der Waals surface area contributed by atoms with Crippen LogP contribution in [0.3, 0.4) is 0 Å². The van der Waals surface area contributed by atoms with Crippen LogP contribution in [0.4, 0.5) is 0 Å². The molecule has 0 unspecified atom stereocenters. The van der Waals surface area contributed by atoms with E-state index in [0.29, 0.717) is 6.67 Å². The molecule has 1 atom stereocenters. The maximum absolute atomic E-state index is 11.4. The summed E-state index contributed by atoms with van der Waals surface area (Å²) in [6.07, 6.45) is 6.59. The molecule has 8 heteroatoms. The molecule has 1 saturated heterocycles. The molecule has 0 spiro atoms. The lowest BCUT2D eigenvalue weighted by molar-refractivity contribution is -0.123. The van der Waals surface area contributed by atoms with Crippen molar-refractivity contribution in [1.29, 1.82) is 0 Å². The van der Waals surface area contributed by atoms with Gasteiger partial charge in [-0.05, 0) is 61.9 Å². The van der Waals surface area contributed by atoms with Gasteiger partial charge in [-0.15, -0.1) is 16.4 Å². The molecule has 28 heavy (non-hydrogen) atoms. The highest BCUT2D eigenvalue weighted by atomic mass is 32.1. The number of amides is 1. The quantitative estimate of drug-likeness (QED) is 0.755. The van der Waals surface area contributed by atoms with Gasteiger partial charge in [0.05, 0.1) is 11.5 Å². The number of aryl methyl sites for hydroxylation is 1. The second-order valence-electron chi connectivity index (χ2n) is 8.18. The zero-order chi connectivity index (χ0) is 19.8. The molecule has 1 amide bonds. The van der Waals surface area contributed by atoms with Crippen LogP contribution in [0, 0.1) is 16.6 Å². The number of piperidine rings is 1. The third kappa shape index (κ3) is 3.82. The Morgan fingerprint density at radius 2 is 2.11 bits per heavy atom. The number of primary amides is 1. The number of likely N-dealkylation sites (tertiary alicyclic amines) is 1. The predicted molar refractivity (Wildman–Crippen MR) is 115 cm³/mol. The normalized spacial score (nSPS) is 21.0. The van der Waals surface area contributed by atoms with Gasteiger partial charge in [-0.1, -0.05) is 13.3 Å². The van der Waals surface area contributed by atoms with E-state index in [1.54, 1.807) is 0 Å². The van der Waals surface area contributed by atoms with E-state index in [1.807, 2.05) is 27.6 Å². The maximum atomic E-state index is 11.4. The molecule has 152 valence electrons. The number of carbonyl (C=O) groups excluding carboxylic acids is 1. The lowest BCUT2D eigenvalue weighted by Gasteiger charge is -2.29. The van der Waals surface area contributed by atoms with E-state index in [4.69, 9.17) is 23.1 Å². The van der Waals surface area contributed by atoms with Crippen molar-refractivity contribution in [3.05, 3.63) is 21.3 Å². The summed E-state index contributed by atoms with van der Waals surface area (Å²) < 4.78 is 4.69. The average Bonchev–Trinajstić information content (AvgIpc) is 3.24. The molecule has 1 aliphatic heterocycles. The van der Waals surface area contributed by atoms with Crippen molar-refractivity contribution in [2.45, 2.75) is 52.1 Å². The largest absolute Gasteiger partial charge is 0.369 e. The highest BCUT2D eigenvalue weighted by Gasteiger charge is 2.25. The molecule has 0 aromatic carbocycles. The first-order valence-corrected chi connectivity index (χ1v) is 11.5. The minimum absolute atomic E-state index is 0.00732. The lowest BCUT2D eigenvalue weighted by Crippen LogP contribution is -2.39. The molecule has 2 aromatic heterocycles. The minimum atomic E-state index is -0.177. The molecule has 4 rings (SSSR count). The number of thiophene rings is 1. The van der Waals surface area contributed by atoms with Gasteiger partial charge in [0.2, 0.25) is 5.91 Å². The van der Waals surface area contributed by atoms with Crippen molar-refractivity contribution < 1.29 is 4.79 Å². The molecule has 6 nitrogen and oxygen atoms in total. The van der Waals surface area contributed by atoms with Crippen molar-refractivity contribution in [3.8, 4) is 10.7 Å². The molecule has 1 fully saturated rings. The highest BCUT2D eigenvalue weighted by Crippen LogP contribution is 2.37. The molecular formula is C20H29N5OS2. The molecule has 0 saturated carbocycles. The highest BCUT2D eigenvalue weighted by molar-refractivity contribution is 7.71. The fraction of sp³-hybridized carbons (Fsp3) is 0.650. The number of aromatic nitrogens is 3. The lowest BCUT2D eigenvalue weighted by atomic mass is 9.87. The maximum Gasteiger partial charge on any atom is 0.220 e. The summed E-state index contributed by atoms with van der Waals surface area (Å²) in [6, 6.07) is 2.33. The van der Waals surface area contributed by atoms with Crippen LogP contribution in [0.1, 0.15) is 43.0 Å². The SMILES string of the molecule is CC[C@@H]1CCc2sc(-c3nn(CN4CCC(C(N)=O)CC4)c(=S)n3C)cc2C1. The standard InChI is InChI=1S/C20H29N5OS2/c1-3-13-4-5-16-15(10-13)11-17(28-16)19-22-25(20(27)23(19)2)12-24-8-6-14(7-9-24)18(21)26/h11,13-14H,3-10,12H2,1-2H3,(H2,21,26)/t13-/m1/s1. The number of nitrogens with zero attached hydrogens (tertiary/aromatic N) is 4. The zero-order valence-corrected chi connectivity index (χ0v) is 18.3. The molecule has 0 radical (unpaired) electrons. The van der Waals surface area contributed by atoms with E-state index >= 15 is 0 Å². The van der Waals surface area contributed by atoms with Crippen molar-refractivity contribution in [2.75, 3.05) is 13.1 Å². The summed E-state index contributed by atoms with van der Waals surface area (Å²) in [4.78, 5) is 16.4. The Hall–Kier alpha value is -1.51. The first-order chi connectivity index (χ1) is 13.5. The molecular weight excluding hydrogens is 390 g/mol. The van der Waals surface area contributed by atoms with Crippen LogP contribution in [0.5, 0.6) is 0 Å². The van der Waals surface area contributed by atoms with Crippen LogP contribution in [-0.2, 0) is 31.4 Å². The van der Waals surface area contributed by atoms with Gasteiger partial charge >= 0.3 is 0 Å². The van der Waals surface area contributed by atoms with E-state index in [0.717, 1.165) is 42.4 Å². The summed E-state index contributed by atoms with van der Waals surface area (Å²) in [6.45, 7) is 4.67. The Kier molecular flexibility index (Phi) is 5.71. The van der Waals surface area contributed by atoms with Gasteiger partial charge in [0.25, 0.3) is 0 Å². The third-order valence-corrected chi connectivity index (χ3v) is 8.07. The first-order valence-electron chi connectivity index (χ1n) is 10.2. The van der Waals surface area contributed by atoms with Gasteiger partial charge in [0.15, 0.2) is 10.6 Å². The topological polar surface area (TPSA) is 69.1 Å².